The molecule has 1 aromatic rings. The van der Waals surface area contributed by atoms with Crippen LogP contribution in [0, 0.1) is 10.1 Å². The smallest absolute Gasteiger partial charge is 0.332 e. The lowest BCUT2D eigenvalue weighted by Crippen LogP contribution is -2.33. The predicted molar refractivity (Wildman–Crippen MR) is 49.7 cm³/mol. The van der Waals surface area contributed by atoms with Crippen LogP contribution < -0.4 is 16.7 Å². The lowest BCUT2D eigenvalue weighted by Gasteiger charge is -2.03. The number of carbonyl (C=O) groups is 1. The summed E-state index contributed by atoms with van der Waals surface area (Å²) in [7, 11) is 0. The average Bonchev–Trinajstić information content (AvgIpc) is 2.20. The maximum Gasteiger partial charge on any atom is 0.332 e. The first-order valence-electron chi connectivity index (χ1n) is 3.88. The first-order valence-corrected chi connectivity index (χ1v) is 3.88. The van der Waals surface area contributed by atoms with Crippen LogP contribution in [0.15, 0.2) is 23.3 Å². The second-order valence-electron chi connectivity index (χ2n) is 2.69. The highest BCUT2D eigenvalue weighted by molar-refractivity contribution is 5.74. The number of nitrogens with zero attached hydrogens (tertiary/aromatic N) is 2. The highest BCUT2D eigenvalue weighted by atomic mass is 16.6. The zero-order valence-electron chi connectivity index (χ0n) is 7.54. The Hall–Kier alpha value is -2.22. The molecule has 0 aliphatic heterocycles. The van der Waals surface area contributed by atoms with E-state index in [2.05, 4.69) is 0 Å². The number of hydrogen-bond acceptors (Lipinski definition) is 5. The summed E-state index contributed by atoms with van der Waals surface area (Å²) in [6.45, 7) is -0.183. The summed E-state index contributed by atoms with van der Waals surface area (Å²) in [5.41, 5.74) is 0.584. The molecule has 80 valence electrons. The molecule has 0 bridgehead atoms. The van der Waals surface area contributed by atoms with Crippen molar-refractivity contribution in [2.45, 2.75) is 6.54 Å². The third kappa shape index (κ3) is 2.61. The fourth-order valence-corrected chi connectivity index (χ4v) is 0.959. The Kier molecular flexibility index (Phi) is 3.13. The zero-order chi connectivity index (χ0) is 11.4. The molecule has 0 spiro atoms. The number of nitrogens with one attached hydrogen (secondary N) is 1. The molecule has 0 atom stereocenters. The molecule has 1 aromatic heterocycles. The summed E-state index contributed by atoms with van der Waals surface area (Å²) in [4.78, 5) is 31.4. The van der Waals surface area contributed by atoms with Gasteiger partial charge in [-0.1, -0.05) is 0 Å². The quantitative estimate of drug-likeness (QED) is 0.280. The summed E-state index contributed by atoms with van der Waals surface area (Å²) in [5, 5.41) is 10.4. The van der Waals surface area contributed by atoms with Crippen molar-refractivity contribution in [3.63, 3.8) is 0 Å². The molecular weight excluding hydrogens is 204 g/mol. The van der Waals surface area contributed by atoms with Gasteiger partial charge in [0.1, 0.15) is 6.54 Å². The van der Waals surface area contributed by atoms with Gasteiger partial charge in [-0.2, -0.15) is 0 Å². The van der Waals surface area contributed by atoms with Crippen molar-refractivity contribution in [2.24, 2.45) is 5.84 Å². The highest BCUT2D eigenvalue weighted by Gasteiger charge is 2.12. The van der Waals surface area contributed by atoms with Crippen LogP contribution >= 0.6 is 0 Å². The molecule has 1 amide bonds. The lowest BCUT2D eigenvalue weighted by molar-refractivity contribution is -0.386. The Morgan fingerprint density at radius 1 is 1.67 bits per heavy atom. The molecule has 0 fully saturated rings. The number of rotatable bonds is 3. The number of nitro groups is 1. The van der Waals surface area contributed by atoms with E-state index in [0.717, 1.165) is 12.3 Å². The molecule has 0 radical (unpaired) electrons. The van der Waals surface area contributed by atoms with Gasteiger partial charge in [0.05, 0.1) is 11.1 Å². The molecule has 1 heterocycles. The monoisotopic (exact) mass is 212 g/mol. The Bertz CT molecular complexity index is 453. The van der Waals surface area contributed by atoms with Gasteiger partial charge in [0, 0.05) is 12.3 Å². The summed E-state index contributed by atoms with van der Waals surface area (Å²) in [5.74, 6) is 4.32. The van der Waals surface area contributed by atoms with E-state index in [9.17, 15) is 19.7 Å². The summed E-state index contributed by atoms with van der Waals surface area (Å²) in [6, 6.07) is 1.02. The van der Waals surface area contributed by atoms with Crippen molar-refractivity contribution in [1.29, 1.82) is 0 Å². The number of carbonyl (C=O) groups excluding carboxylic acids is 1. The Morgan fingerprint density at radius 3 is 2.87 bits per heavy atom. The molecule has 8 heteroatoms. The van der Waals surface area contributed by atoms with E-state index >= 15 is 0 Å². The zero-order valence-corrected chi connectivity index (χ0v) is 7.54. The van der Waals surface area contributed by atoms with Gasteiger partial charge >= 0.3 is 5.69 Å². The molecule has 8 nitrogen and oxygen atoms in total. The SMILES string of the molecule is NNC(=O)Cn1ccc(=O)c([N+](=O)[O-])c1. The number of hydrazine groups is 1. The number of amides is 1. The van der Waals surface area contributed by atoms with Crippen LogP contribution in [0.25, 0.3) is 0 Å². The second kappa shape index (κ2) is 4.33. The van der Waals surface area contributed by atoms with Crippen LogP contribution in [0.3, 0.4) is 0 Å². The van der Waals surface area contributed by atoms with Crippen molar-refractivity contribution in [2.75, 3.05) is 0 Å². The van der Waals surface area contributed by atoms with Crippen molar-refractivity contribution >= 4 is 11.6 Å². The summed E-state index contributed by atoms with van der Waals surface area (Å²) >= 11 is 0. The largest absolute Gasteiger partial charge is 0.339 e. The van der Waals surface area contributed by atoms with E-state index in [4.69, 9.17) is 5.84 Å². The standard InChI is InChI=1S/C7H8N4O4/c8-9-7(13)4-10-2-1-6(12)5(3-10)11(14)15/h1-3H,4,8H2,(H,9,13). The number of nitrogens with two attached hydrogens (primary N) is 1. The molecule has 1 rings (SSSR count). The molecule has 3 N–H and O–H groups in total. The topological polar surface area (TPSA) is 120 Å². The second-order valence-corrected chi connectivity index (χ2v) is 2.69. The molecule has 0 saturated carbocycles. The molecule has 0 saturated heterocycles. The summed E-state index contributed by atoms with van der Waals surface area (Å²) < 4.78 is 1.20. The van der Waals surface area contributed by atoms with E-state index < -0.39 is 21.9 Å². The van der Waals surface area contributed by atoms with Gasteiger partial charge in [0.25, 0.3) is 11.3 Å². The number of pyridine rings is 1. The maximum atomic E-state index is 11.0. The van der Waals surface area contributed by atoms with Gasteiger partial charge in [0.2, 0.25) is 0 Å². The minimum atomic E-state index is -0.806. The Labute approximate surface area is 83.4 Å². The fraction of sp³-hybridized carbons (Fsp3) is 0.143. The van der Waals surface area contributed by atoms with E-state index in [1.54, 1.807) is 0 Å². The number of aromatic nitrogens is 1. The van der Waals surface area contributed by atoms with Crippen molar-refractivity contribution in [3.8, 4) is 0 Å². The van der Waals surface area contributed by atoms with Crippen LogP contribution in [-0.2, 0) is 11.3 Å². The van der Waals surface area contributed by atoms with E-state index in [1.807, 2.05) is 5.43 Å². The van der Waals surface area contributed by atoms with Crippen LogP contribution in [0.1, 0.15) is 0 Å². The normalized spacial score (nSPS) is 9.67. The maximum absolute atomic E-state index is 11.0. The van der Waals surface area contributed by atoms with E-state index in [0.29, 0.717) is 0 Å². The van der Waals surface area contributed by atoms with E-state index in [-0.39, 0.29) is 6.54 Å². The van der Waals surface area contributed by atoms with Crippen molar-refractivity contribution in [3.05, 3.63) is 38.8 Å². The van der Waals surface area contributed by atoms with Crippen molar-refractivity contribution < 1.29 is 9.72 Å². The van der Waals surface area contributed by atoms with E-state index in [1.165, 1.54) is 10.8 Å². The van der Waals surface area contributed by atoms with Gasteiger partial charge in [-0.3, -0.25) is 25.1 Å². The van der Waals surface area contributed by atoms with Gasteiger partial charge in [-0.15, -0.1) is 0 Å². The first kappa shape index (κ1) is 10.9. The van der Waals surface area contributed by atoms with Crippen LogP contribution in [0.5, 0.6) is 0 Å². The molecule has 0 aliphatic carbocycles. The third-order valence-corrected chi connectivity index (χ3v) is 1.64. The molecule has 0 unspecified atom stereocenters. The average molecular weight is 212 g/mol. The first-order chi connectivity index (χ1) is 7.04. The third-order valence-electron chi connectivity index (χ3n) is 1.64. The lowest BCUT2D eigenvalue weighted by atomic mass is 10.4. The molecular formula is C7H8N4O4. The minimum absolute atomic E-state index is 0.183. The minimum Gasteiger partial charge on any atom is -0.339 e. The summed E-state index contributed by atoms with van der Waals surface area (Å²) in [6.07, 6.45) is 2.25. The van der Waals surface area contributed by atoms with Crippen LogP contribution in [0.4, 0.5) is 5.69 Å². The highest BCUT2D eigenvalue weighted by Crippen LogP contribution is 2.01. The molecule has 15 heavy (non-hydrogen) atoms. The predicted octanol–water partition coefficient (Wildman–Crippen LogP) is -1.25. The molecule has 0 aromatic carbocycles. The van der Waals surface area contributed by atoms with Gasteiger partial charge in [-0.25, -0.2) is 5.84 Å². The van der Waals surface area contributed by atoms with Crippen LogP contribution in [0.2, 0.25) is 0 Å². The van der Waals surface area contributed by atoms with Gasteiger partial charge in [-0.05, 0) is 0 Å². The number of hydrogen-bond donors (Lipinski definition) is 2. The van der Waals surface area contributed by atoms with Gasteiger partial charge in [0.15, 0.2) is 0 Å². The van der Waals surface area contributed by atoms with Gasteiger partial charge < -0.3 is 4.57 Å². The Morgan fingerprint density at radius 2 is 2.33 bits per heavy atom. The van der Waals surface area contributed by atoms with Crippen molar-refractivity contribution in [1.82, 2.24) is 9.99 Å². The molecule has 0 aliphatic rings. The Balaban J connectivity index is 3.03. The van der Waals surface area contributed by atoms with Crippen LogP contribution in [-0.4, -0.2) is 15.4 Å². The fourth-order valence-electron chi connectivity index (χ4n) is 0.959.